The van der Waals surface area contributed by atoms with Crippen molar-refractivity contribution in [3.8, 4) is 5.75 Å². The van der Waals surface area contributed by atoms with Gasteiger partial charge in [-0.05, 0) is 31.0 Å². The topological polar surface area (TPSA) is 39.7 Å². The van der Waals surface area contributed by atoms with Crippen molar-refractivity contribution in [3.05, 3.63) is 23.2 Å². The maximum atomic E-state index is 6.05. The molecule has 1 aliphatic carbocycles. The monoisotopic (exact) mass is 297 g/mol. The lowest BCUT2D eigenvalue weighted by Crippen LogP contribution is -2.39. The van der Waals surface area contributed by atoms with E-state index < -0.39 is 0 Å². The summed E-state index contributed by atoms with van der Waals surface area (Å²) in [5, 5.41) is 4.24. The Morgan fingerprint density at radius 3 is 2.60 bits per heavy atom. The van der Waals surface area contributed by atoms with E-state index in [4.69, 9.17) is 25.8 Å². The second-order valence-corrected chi connectivity index (χ2v) is 5.81. The minimum atomic E-state index is -0.309. The van der Waals surface area contributed by atoms with E-state index in [9.17, 15) is 0 Å². The lowest BCUT2D eigenvalue weighted by Gasteiger charge is -2.36. The quantitative estimate of drug-likeness (QED) is 0.927. The van der Waals surface area contributed by atoms with Gasteiger partial charge in [0.1, 0.15) is 5.75 Å². The van der Waals surface area contributed by atoms with E-state index in [2.05, 4.69) is 5.32 Å². The predicted molar refractivity (Wildman–Crippen MR) is 78.5 cm³/mol. The molecule has 1 N–H and O–H groups in total. The third-order valence-corrected chi connectivity index (χ3v) is 4.32. The van der Waals surface area contributed by atoms with E-state index in [1.807, 2.05) is 18.2 Å². The number of rotatable bonds is 3. The standard InChI is InChI=1S/C15H20ClNO3/c1-18-14-3-2-11(16)10-13(14)17-12-4-6-15(7-5-12)19-8-9-20-15/h2-3,10,12,17H,4-9H2,1H3. The average molecular weight is 298 g/mol. The van der Waals surface area contributed by atoms with E-state index in [1.165, 1.54) is 0 Å². The zero-order chi connectivity index (χ0) is 14.0. The van der Waals surface area contributed by atoms with Crippen LogP contribution < -0.4 is 10.1 Å². The molecule has 110 valence electrons. The molecule has 0 unspecified atom stereocenters. The maximum Gasteiger partial charge on any atom is 0.168 e. The molecule has 1 saturated heterocycles. The Balaban J connectivity index is 1.63. The summed E-state index contributed by atoms with van der Waals surface area (Å²) in [6.45, 7) is 1.44. The van der Waals surface area contributed by atoms with Crippen LogP contribution in [0.25, 0.3) is 0 Å². The Kier molecular flexibility index (Phi) is 4.06. The number of hydrogen-bond acceptors (Lipinski definition) is 4. The molecule has 0 aromatic heterocycles. The summed E-state index contributed by atoms with van der Waals surface area (Å²) in [5.41, 5.74) is 0.953. The van der Waals surface area contributed by atoms with Gasteiger partial charge in [0.25, 0.3) is 0 Å². The van der Waals surface area contributed by atoms with Gasteiger partial charge in [-0.25, -0.2) is 0 Å². The Morgan fingerprint density at radius 2 is 1.95 bits per heavy atom. The molecule has 5 heteroatoms. The third-order valence-electron chi connectivity index (χ3n) is 4.08. The molecule has 0 amide bonds. The van der Waals surface area contributed by atoms with E-state index in [1.54, 1.807) is 7.11 Å². The summed E-state index contributed by atoms with van der Waals surface area (Å²) >= 11 is 6.05. The number of hydrogen-bond donors (Lipinski definition) is 1. The lowest BCUT2D eigenvalue weighted by atomic mass is 9.90. The van der Waals surface area contributed by atoms with Crippen molar-refractivity contribution in [2.75, 3.05) is 25.6 Å². The van der Waals surface area contributed by atoms with Crippen LogP contribution in [0.4, 0.5) is 5.69 Å². The van der Waals surface area contributed by atoms with Gasteiger partial charge in [0.05, 0.1) is 26.0 Å². The highest BCUT2D eigenvalue weighted by molar-refractivity contribution is 6.30. The molecule has 1 aromatic carbocycles. The van der Waals surface area contributed by atoms with Gasteiger partial charge >= 0.3 is 0 Å². The highest BCUT2D eigenvalue weighted by Gasteiger charge is 2.40. The van der Waals surface area contributed by atoms with Crippen molar-refractivity contribution in [2.45, 2.75) is 37.5 Å². The molecule has 1 spiro atoms. The Hall–Kier alpha value is -0.970. The van der Waals surface area contributed by atoms with Gasteiger partial charge in [0.15, 0.2) is 5.79 Å². The molecule has 0 radical (unpaired) electrons. The number of nitrogens with one attached hydrogen (secondary N) is 1. The fraction of sp³-hybridized carbons (Fsp3) is 0.600. The van der Waals surface area contributed by atoms with Crippen molar-refractivity contribution in [2.24, 2.45) is 0 Å². The molecule has 2 fully saturated rings. The van der Waals surface area contributed by atoms with Gasteiger partial charge in [0, 0.05) is 23.9 Å². The summed E-state index contributed by atoms with van der Waals surface area (Å²) < 4.78 is 16.9. The molecule has 1 heterocycles. The van der Waals surface area contributed by atoms with E-state index in [0.29, 0.717) is 11.1 Å². The van der Waals surface area contributed by atoms with Gasteiger partial charge in [0.2, 0.25) is 0 Å². The molecule has 2 aliphatic rings. The second-order valence-electron chi connectivity index (χ2n) is 5.37. The van der Waals surface area contributed by atoms with E-state index in [-0.39, 0.29) is 5.79 Å². The third kappa shape index (κ3) is 2.87. The summed E-state index contributed by atoms with van der Waals surface area (Å²) in [6, 6.07) is 6.04. The van der Waals surface area contributed by atoms with Crippen molar-refractivity contribution >= 4 is 17.3 Å². The SMILES string of the molecule is COc1ccc(Cl)cc1NC1CCC2(CC1)OCCO2. The van der Waals surface area contributed by atoms with Gasteiger partial charge in [-0.15, -0.1) is 0 Å². The highest BCUT2D eigenvalue weighted by atomic mass is 35.5. The first-order chi connectivity index (χ1) is 9.71. The number of anilines is 1. The number of ether oxygens (including phenoxy) is 3. The van der Waals surface area contributed by atoms with Crippen LogP contribution in [0.1, 0.15) is 25.7 Å². The molecule has 4 nitrogen and oxygen atoms in total. The van der Waals surface area contributed by atoms with Crippen LogP contribution in [0.2, 0.25) is 5.02 Å². The fourth-order valence-electron chi connectivity index (χ4n) is 3.00. The Bertz CT molecular complexity index is 464. The van der Waals surface area contributed by atoms with Gasteiger partial charge in [-0.2, -0.15) is 0 Å². The van der Waals surface area contributed by atoms with Crippen molar-refractivity contribution in [1.82, 2.24) is 0 Å². The van der Waals surface area contributed by atoms with E-state index >= 15 is 0 Å². The van der Waals surface area contributed by atoms with E-state index in [0.717, 1.165) is 50.3 Å². The molecular formula is C15H20ClNO3. The van der Waals surface area contributed by atoms with Crippen molar-refractivity contribution < 1.29 is 14.2 Å². The van der Waals surface area contributed by atoms with Crippen LogP contribution in [0.5, 0.6) is 5.75 Å². The maximum absolute atomic E-state index is 6.05. The molecule has 1 aliphatic heterocycles. The van der Waals surface area contributed by atoms with Crippen LogP contribution in [-0.4, -0.2) is 32.2 Å². The van der Waals surface area contributed by atoms with Crippen LogP contribution in [-0.2, 0) is 9.47 Å². The van der Waals surface area contributed by atoms with Gasteiger partial charge in [-0.3, -0.25) is 0 Å². The Labute approximate surface area is 124 Å². The largest absolute Gasteiger partial charge is 0.495 e. The van der Waals surface area contributed by atoms with Gasteiger partial charge in [-0.1, -0.05) is 11.6 Å². The first-order valence-electron chi connectivity index (χ1n) is 7.09. The smallest absolute Gasteiger partial charge is 0.168 e. The summed E-state index contributed by atoms with van der Waals surface area (Å²) in [6.07, 6.45) is 3.92. The molecule has 1 saturated carbocycles. The first-order valence-corrected chi connectivity index (χ1v) is 7.47. The number of benzene rings is 1. The second kappa shape index (κ2) is 5.80. The van der Waals surface area contributed by atoms with Crippen LogP contribution in [0, 0.1) is 0 Å². The first kappa shape index (κ1) is 14.0. The molecule has 0 atom stereocenters. The van der Waals surface area contributed by atoms with Crippen LogP contribution >= 0.6 is 11.6 Å². The lowest BCUT2D eigenvalue weighted by molar-refractivity contribution is -0.177. The molecule has 3 rings (SSSR count). The summed E-state index contributed by atoms with van der Waals surface area (Å²) in [4.78, 5) is 0. The van der Waals surface area contributed by atoms with Crippen molar-refractivity contribution in [3.63, 3.8) is 0 Å². The highest BCUT2D eigenvalue weighted by Crippen LogP contribution is 2.38. The average Bonchev–Trinajstić information content (AvgIpc) is 2.90. The summed E-state index contributed by atoms with van der Waals surface area (Å²) in [7, 11) is 1.67. The van der Waals surface area contributed by atoms with Gasteiger partial charge < -0.3 is 19.5 Å². The fourth-order valence-corrected chi connectivity index (χ4v) is 3.17. The van der Waals surface area contributed by atoms with Crippen LogP contribution in [0.3, 0.4) is 0 Å². The minimum Gasteiger partial charge on any atom is -0.495 e. The van der Waals surface area contributed by atoms with Crippen LogP contribution in [0.15, 0.2) is 18.2 Å². The number of methoxy groups -OCH3 is 1. The number of halogens is 1. The minimum absolute atomic E-state index is 0.309. The zero-order valence-electron chi connectivity index (χ0n) is 11.7. The summed E-state index contributed by atoms with van der Waals surface area (Å²) in [5.74, 6) is 0.513. The van der Waals surface area contributed by atoms with Crippen molar-refractivity contribution in [1.29, 1.82) is 0 Å². The molecular weight excluding hydrogens is 278 g/mol. The normalized spacial score (nSPS) is 22.1. The Morgan fingerprint density at radius 1 is 1.25 bits per heavy atom. The zero-order valence-corrected chi connectivity index (χ0v) is 12.4. The predicted octanol–water partition coefficient (Wildman–Crippen LogP) is 3.45. The molecule has 1 aromatic rings. The molecule has 0 bridgehead atoms. The molecule has 20 heavy (non-hydrogen) atoms.